The maximum Gasteiger partial charge on any atom is 0.319 e. The summed E-state index contributed by atoms with van der Waals surface area (Å²) in [5.74, 6) is 0. The number of hydrogen-bond donors (Lipinski definition) is 2. The molecular formula is C11H13IN2O. The molecule has 2 N–H and O–H groups in total. The molecule has 0 aromatic heterocycles. The van der Waals surface area contributed by atoms with Crippen LogP contribution in [-0.2, 0) is 0 Å². The Kier molecular flexibility index (Phi) is 3.45. The van der Waals surface area contributed by atoms with Gasteiger partial charge < -0.3 is 10.6 Å². The Morgan fingerprint density at radius 2 is 2.07 bits per heavy atom. The number of urea groups is 1. The quantitative estimate of drug-likeness (QED) is 0.809. The van der Waals surface area contributed by atoms with E-state index in [4.69, 9.17) is 0 Å². The van der Waals surface area contributed by atoms with Crippen molar-refractivity contribution in [2.75, 3.05) is 5.32 Å². The number of nitrogens with one attached hydrogen (secondary N) is 2. The molecule has 1 aliphatic rings. The van der Waals surface area contributed by atoms with Crippen LogP contribution in [0.4, 0.5) is 10.5 Å². The summed E-state index contributed by atoms with van der Waals surface area (Å²) in [4.78, 5) is 11.5. The summed E-state index contributed by atoms with van der Waals surface area (Å²) in [6.45, 7) is 0. The fourth-order valence-electron chi connectivity index (χ4n) is 1.46. The lowest BCUT2D eigenvalue weighted by atomic mass is 9.93. The van der Waals surface area contributed by atoms with E-state index in [9.17, 15) is 4.79 Å². The summed E-state index contributed by atoms with van der Waals surface area (Å²) in [5, 5.41) is 5.79. The molecule has 0 heterocycles. The second-order valence-electron chi connectivity index (χ2n) is 3.71. The molecule has 0 unspecified atom stereocenters. The Bertz CT molecular complexity index is 363. The molecule has 1 aromatic rings. The predicted molar refractivity (Wildman–Crippen MR) is 69.0 cm³/mol. The van der Waals surface area contributed by atoms with E-state index < -0.39 is 0 Å². The minimum Gasteiger partial charge on any atom is -0.335 e. The fourth-order valence-corrected chi connectivity index (χ4v) is 1.98. The summed E-state index contributed by atoms with van der Waals surface area (Å²) in [7, 11) is 0. The Balaban J connectivity index is 1.90. The van der Waals surface area contributed by atoms with Crippen molar-refractivity contribution < 1.29 is 4.79 Å². The maximum atomic E-state index is 11.5. The molecule has 1 fully saturated rings. The second kappa shape index (κ2) is 4.83. The number of rotatable bonds is 2. The van der Waals surface area contributed by atoms with E-state index in [-0.39, 0.29) is 6.03 Å². The van der Waals surface area contributed by atoms with Crippen LogP contribution in [0.15, 0.2) is 24.3 Å². The van der Waals surface area contributed by atoms with Gasteiger partial charge in [0.2, 0.25) is 0 Å². The highest BCUT2D eigenvalue weighted by atomic mass is 127. The minimum absolute atomic E-state index is 0.0937. The first-order valence-corrected chi connectivity index (χ1v) is 6.15. The number of carbonyl (C=O) groups is 1. The lowest BCUT2D eigenvalue weighted by molar-refractivity contribution is 0.240. The number of benzene rings is 1. The lowest BCUT2D eigenvalue weighted by Crippen LogP contribution is -2.41. The third-order valence-corrected chi connectivity index (χ3v) is 3.50. The second-order valence-corrected chi connectivity index (χ2v) is 4.87. The van der Waals surface area contributed by atoms with E-state index >= 15 is 0 Å². The van der Waals surface area contributed by atoms with E-state index in [0.29, 0.717) is 6.04 Å². The van der Waals surface area contributed by atoms with Gasteiger partial charge in [-0.2, -0.15) is 0 Å². The molecule has 1 saturated carbocycles. The van der Waals surface area contributed by atoms with Crippen molar-refractivity contribution in [3.05, 3.63) is 27.8 Å². The number of amides is 2. The Hall–Kier alpha value is -0.780. The third kappa shape index (κ3) is 2.84. The molecule has 3 nitrogen and oxygen atoms in total. The first kappa shape index (κ1) is 10.7. The van der Waals surface area contributed by atoms with Gasteiger partial charge in [-0.25, -0.2) is 4.79 Å². The average molecular weight is 316 g/mol. The van der Waals surface area contributed by atoms with Crippen molar-refractivity contribution in [1.29, 1.82) is 0 Å². The van der Waals surface area contributed by atoms with E-state index in [1.165, 1.54) is 6.42 Å². The summed E-state index contributed by atoms with van der Waals surface area (Å²) in [6.07, 6.45) is 3.45. The van der Waals surface area contributed by atoms with Crippen LogP contribution in [0.2, 0.25) is 0 Å². The zero-order valence-corrected chi connectivity index (χ0v) is 10.5. The van der Waals surface area contributed by atoms with Gasteiger partial charge in [-0.15, -0.1) is 0 Å². The number of halogens is 1. The molecule has 1 aliphatic carbocycles. The first-order chi connectivity index (χ1) is 7.25. The molecular weight excluding hydrogens is 303 g/mol. The first-order valence-electron chi connectivity index (χ1n) is 5.08. The topological polar surface area (TPSA) is 41.1 Å². The van der Waals surface area contributed by atoms with Crippen molar-refractivity contribution in [1.82, 2.24) is 5.32 Å². The van der Waals surface area contributed by atoms with E-state index in [1.807, 2.05) is 24.3 Å². The van der Waals surface area contributed by atoms with Gasteiger partial charge in [0.15, 0.2) is 0 Å². The Labute approximate surface area is 103 Å². The van der Waals surface area contributed by atoms with Gasteiger partial charge in [0.1, 0.15) is 0 Å². The van der Waals surface area contributed by atoms with Crippen LogP contribution < -0.4 is 10.6 Å². The van der Waals surface area contributed by atoms with Gasteiger partial charge in [-0.3, -0.25) is 0 Å². The number of hydrogen-bond acceptors (Lipinski definition) is 1. The molecule has 0 aliphatic heterocycles. The van der Waals surface area contributed by atoms with Crippen LogP contribution in [-0.4, -0.2) is 12.1 Å². The van der Waals surface area contributed by atoms with Gasteiger partial charge in [-0.05, 0) is 54.0 Å². The summed E-state index contributed by atoms with van der Waals surface area (Å²) in [6, 6.07) is 8.04. The lowest BCUT2D eigenvalue weighted by Gasteiger charge is -2.26. The van der Waals surface area contributed by atoms with Gasteiger partial charge >= 0.3 is 6.03 Å². The monoisotopic (exact) mass is 316 g/mol. The van der Waals surface area contributed by atoms with Crippen LogP contribution in [0.25, 0.3) is 0 Å². The molecule has 15 heavy (non-hydrogen) atoms. The molecule has 80 valence electrons. The average Bonchev–Trinajstić information content (AvgIpc) is 2.16. The molecule has 2 amide bonds. The zero-order chi connectivity index (χ0) is 10.7. The van der Waals surface area contributed by atoms with Crippen LogP contribution in [0.1, 0.15) is 19.3 Å². The smallest absolute Gasteiger partial charge is 0.319 e. The van der Waals surface area contributed by atoms with Gasteiger partial charge in [0.25, 0.3) is 0 Å². The van der Waals surface area contributed by atoms with Gasteiger partial charge in [0.05, 0.1) is 5.69 Å². The normalized spacial score (nSPS) is 15.5. The fraction of sp³-hybridized carbons (Fsp3) is 0.364. The van der Waals surface area contributed by atoms with Crippen molar-refractivity contribution in [3.8, 4) is 0 Å². The van der Waals surface area contributed by atoms with E-state index in [0.717, 1.165) is 22.1 Å². The van der Waals surface area contributed by atoms with Crippen LogP contribution in [0, 0.1) is 3.57 Å². The molecule has 0 bridgehead atoms. The predicted octanol–water partition coefficient (Wildman–Crippen LogP) is 2.97. The SMILES string of the molecule is O=C(Nc1ccccc1I)NC1CCC1. The minimum atomic E-state index is -0.0937. The molecule has 0 radical (unpaired) electrons. The zero-order valence-electron chi connectivity index (χ0n) is 8.29. The number of carbonyl (C=O) groups excluding carboxylic acids is 1. The highest BCUT2D eigenvalue weighted by Crippen LogP contribution is 2.19. The maximum absolute atomic E-state index is 11.5. The molecule has 0 spiro atoms. The van der Waals surface area contributed by atoms with Crippen LogP contribution in [0.3, 0.4) is 0 Å². The molecule has 0 saturated heterocycles. The highest BCUT2D eigenvalue weighted by molar-refractivity contribution is 14.1. The van der Waals surface area contributed by atoms with E-state index in [1.54, 1.807) is 0 Å². The van der Waals surface area contributed by atoms with Crippen molar-refractivity contribution >= 4 is 34.3 Å². The van der Waals surface area contributed by atoms with E-state index in [2.05, 4.69) is 33.2 Å². The molecule has 0 atom stereocenters. The summed E-state index contributed by atoms with van der Waals surface area (Å²) >= 11 is 2.21. The third-order valence-electron chi connectivity index (χ3n) is 2.56. The van der Waals surface area contributed by atoms with Crippen molar-refractivity contribution in [3.63, 3.8) is 0 Å². The largest absolute Gasteiger partial charge is 0.335 e. The van der Waals surface area contributed by atoms with Gasteiger partial charge in [0, 0.05) is 9.61 Å². The molecule has 4 heteroatoms. The van der Waals surface area contributed by atoms with Crippen LogP contribution >= 0.6 is 22.6 Å². The highest BCUT2D eigenvalue weighted by Gasteiger charge is 2.19. The number of para-hydroxylation sites is 1. The Morgan fingerprint density at radius 1 is 1.33 bits per heavy atom. The molecule has 1 aromatic carbocycles. The molecule has 2 rings (SSSR count). The number of anilines is 1. The van der Waals surface area contributed by atoms with Gasteiger partial charge in [-0.1, -0.05) is 12.1 Å². The van der Waals surface area contributed by atoms with Crippen molar-refractivity contribution in [2.45, 2.75) is 25.3 Å². The summed E-state index contributed by atoms with van der Waals surface area (Å²) in [5.41, 5.74) is 0.870. The Morgan fingerprint density at radius 3 is 2.67 bits per heavy atom. The standard InChI is InChI=1S/C11H13IN2O/c12-9-6-1-2-7-10(9)14-11(15)13-8-4-3-5-8/h1-2,6-8H,3-5H2,(H2,13,14,15). The van der Waals surface area contributed by atoms with Crippen LogP contribution in [0.5, 0.6) is 0 Å². The van der Waals surface area contributed by atoms with Crippen molar-refractivity contribution in [2.24, 2.45) is 0 Å². The summed E-state index contributed by atoms with van der Waals surface area (Å²) < 4.78 is 1.05.